The molecule has 1 aliphatic heterocycles. The third kappa shape index (κ3) is 3.87. The van der Waals surface area contributed by atoms with E-state index in [-0.39, 0.29) is 28.2 Å². The largest absolute Gasteiger partial charge is 0.435 e. The van der Waals surface area contributed by atoms with Crippen LogP contribution in [0.2, 0.25) is 0 Å². The molecule has 0 bridgehead atoms. The van der Waals surface area contributed by atoms with Crippen LogP contribution in [0.1, 0.15) is 16.8 Å². The summed E-state index contributed by atoms with van der Waals surface area (Å²) < 4.78 is 60.7. The molecule has 0 radical (unpaired) electrons. The first-order valence-electron chi connectivity index (χ1n) is 9.81. The third-order valence-corrected chi connectivity index (χ3v) is 5.23. The first kappa shape index (κ1) is 20.9. The van der Waals surface area contributed by atoms with Crippen LogP contribution in [0, 0.1) is 5.82 Å². The fourth-order valence-electron chi connectivity index (χ4n) is 3.63. The van der Waals surface area contributed by atoms with E-state index in [0.29, 0.717) is 13.1 Å². The van der Waals surface area contributed by atoms with Gasteiger partial charge >= 0.3 is 12.2 Å². The molecule has 0 aliphatic carbocycles. The zero-order valence-corrected chi connectivity index (χ0v) is 16.8. The van der Waals surface area contributed by atoms with Crippen molar-refractivity contribution in [2.45, 2.75) is 19.3 Å². The number of carbonyl (C=O) groups is 1. The lowest BCUT2D eigenvalue weighted by Crippen LogP contribution is -2.19. The normalized spacial score (nSPS) is 13.2. The fraction of sp³-hybridized carbons (Fsp3) is 0.136. The smallest absolute Gasteiger partial charge is 0.416 e. The van der Waals surface area contributed by atoms with Crippen LogP contribution in [0.15, 0.2) is 55.0 Å². The maximum absolute atomic E-state index is 15.1. The molecule has 4 aromatic rings. The quantitative estimate of drug-likeness (QED) is 0.420. The van der Waals surface area contributed by atoms with E-state index in [1.54, 1.807) is 0 Å². The van der Waals surface area contributed by atoms with E-state index >= 15 is 4.39 Å². The van der Waals surface area contributed by atoms with E-state index in [9.17, 15) is 18.0 Å². The number of benzene rings is 2. The second-order valence-corrected chi connectivity index (χ2v) is 7.31. The Kier molecular flexibility index (Phi) is 4.97. The summed E-state index contributed by atoms with van der Waals surface area (Å²) in [6, 6.07) is 7.75. The Morgan fingerprint density at radius 3 is 2.79 bits per heavy atom. The molecule has 3 heterocycles. The maximum atomic E-state index is 15.1. The number of anilines is 1. The lowest BCUT2D eigenvalue weighted by molar-refractivity contribution is -0.137. The molecule has 2 N–H and O–H groups in total. The molecular formula is C22H15F4N5O2. The monoisotopic (exact) mass is 457 g/mol. The van der Waals surface area contributed by atoms with Crippen LogP contribution < -0.4 is 15.4 Å². The van der Waals surface area contributed by atoms with Gasteiger partial charge < -0.3 is 15.4 Å². The van der Waals surface area contributed by atoms with Crippen LogP contribution in [0.3, 0.4) is 0 Å². The number of hydrogen-bond acceptors (Lipinski definition) is 5. The van der Waals surface area contributed by atoms with Crippen molar-refractivity contribution in [3.05, 3.63) is 77.6 Å². The number of nitrogens with zero attached hydrogens (tertiary/aromatic N) is 3. The van der Waals surface area contributed by atoms with E-state index in [1.165, 1.54) is 42.9 Å². The third-order valence-electron chi connectivity index (χ3n) is 5.23. The number of halogens is 4. The highest BCUT2D eigenvalue weighted by molar-refractivity contribution is 5.99. The molecule has 0 spiro atoms. The van der Waals surface area contributed by atoms with Crippen molar-refractivity contribution in [3.63, 3.8) is 0 Å². The van der Waals surface area contributed by atoms with Crippen LogP contribution in [-0.2, 0) is 19.3 Å². The van der Waals surface area contributed by atoms with Crippen molar-refractivity contribution >= 4 is 22.6 Å². The van der Waals surface area contributed by atoms with Gasteiger partial charge in [0, 0.05) is 30.4 Å². The number of fused-ring (bicyclic) bond motifs is 2. The summed E-state index contributed by atoms with van der Waals surface area (Å²) in [5.41, 5.74) is 0.813. The summed E-state index contributed by atoms with van der Waals surface area (Å²) in [6.07, 6.45) is -1.88. The summed E-state index contributed by atoms with van der Waals surface area (Å²) in [5.74, 6) is -0.534. The molecule has 2 aromatic heterocycles. The zero-order valence-electron chi connectivity index (χ0n) is 16.8. The Morgan fingerprint density at radius 2 is 1.97 bits per heavy atom. The zero-order chi connectivity index (χ0) is 23.2. The van der Waals surface area contributed by atoms with Crippen molar-refractivity contribution in [1.29, 1.82) is 0 Å². The molecular weight excluding hydrogens is 442 g/mol. The topological polar surface area (TPSA) is 81.1 Å². The van der Waals surface area contributed by atoms with Crippen LogP contribution in [0.5, 0.6) is 11.6 Å². The van der Waals surface area contributed by atoms with Crippen molar-refractivity contribution in [2.24, 2.45) is 0 Å². The Balaban J connectivity index is 1.42. The maximum Gasteiger partial charge on any atom is 0.416 e. The van der Waals surface area contributed by atoms with Gasteiger partial charge in [-0.15, -0.1) is 0 Å². The highest BCUT2D eigenvalue weighted by Crippen LogP contribution is 2.33. The highest BCUT2D eigenvalue weighted by atomic mass is 19.4. The van der Waals surface area contributed by atoms with Gasteiger partial charge in [0.25, 0.3) is 0 Å². The van der Waals surface area contributed by atoms with Gasteiger partial charge in [0.15, 0.2) is 11.6 Å². The summed E-state index contributed by atoms with van der Waals surface area (Å²) in [7, 11) is 0. The van der Waals surface area contributed by atoms with Gasteiger partial charge in [0.2, 0.25) is 5.88 Å². The predicted molar refractivity (Wildman–Crippen MR) is 110 cm³/mol. The second kappa shape index (κ2) is 7.85. The SMILES string of the molecule is O=C(Nc1cccc(C(F)(F)F)c1)n1ccc2c(F)c(Oc3ncnc4c3CNC4)ccc21. The molecule has 0 atom stereocenters. The van der Waals surface area contributed by atoms with Crippen molar-refractivity contribution in [2.75, 3.05) is 5.32 Å². The van der Waals surface area contributed by atoms with Crippen molar-refractivity contribution in [1.82, 2.24) is 19.9 Å². The van der Waals surface area contributed by atoms with Crippen LogP contribution in [0.4, 0.5) is 28.0 Å². The Bertz CT molecular complexity index is 1380. The molecule has 168 valence electrons. The van der Waals surface area contributed by atoms with Gasteiger partial charge in [0.1, 0.15) is 6.33 Å². The van der Waals surface area contributed by atoms with Crippen molar-refractivity contribution in [3.8, 4) is 11.6 Å². The molecule has 2 aromatic carbocycles. The molecule has 7 nitrogen and oxygen atoms in total. The summed E-state index contributed by atoms with van der Waals surface area (Å²) in [5, 5.41) is 5.62. The fourth-order valence-corrected chi connectivity index (χ4v) is 3.63. The average molecular weight is 457 g/mol. The lowest BCUT2D eigenvalue weighted by Gasteiger charge is -2.12. The van der Waals surface area contributed by atoms with Gasteiger partial charge in [-0.05, 0) is 36.4 Å². The van der Waals surface area contributed by atoms with E-state index in [2.05, 4.69) is 20.6 Å². The highest BCUT2D eigenvalue weighted by Gasteiger charge is 2.30. The van der Waals surface area contributed by atoms with Crippen LogP contribution >= 0.6 is 0 Å². The second-order valence-electron chi connectivity index (χ2n) is 7.31. The lowest BCUT2D eigenvalue weighted by atomic mass is 10.2. The standard InChI is InChI=1S/C22H15F4N5O2/c23-19-14-6-7-31(21(32)30-13-3-1-2-12(8-13)22(24,25)26)17(14)4-5-18(19)33-20-15-9-27-10-16(15)28-11-29-20/h1-8,11,27H,9-10H2,(H,30,32). The number of nitrogens with one attached hydrogen (secondary N) is 2. The number of carbonyl (C=O) groups excluding carboxylic acids is 1. The molecule has 0 unspecified atom stereocenters. The molecule has 0 saturated heterocycles. The van der Waals surface area contributed by atoms with Gasteiger partial charge in [-0.2, -0.15) is 13.2 Å². The molecule has 0 saturated carbocycles. The molecule has 5 rings (SSSR count). The first-order valence-corrected chi connectivity index (χ1v) is 9.81. The number of aromatic nitrogens is 3. The summed E-state index contributed by atoms with van der Waals surface area (Å²) in [6.45, 7) is 1.07. The van der Waals surface area contributed by atoms with Crippen LogP contribution in [-0.4, -0.2) is 20.6 Å². The molecule has 11 heteroatoms. The number of alkyl halides is 3. The van der Waals surface area contributed by atoms with Gasteiger partial charge in [-0.3, -0.25) is 4.57 Å². The number of rotatable bonds is 3. The van der Waals surface area contributed by atoms with E-state index in [1.807, 2.05) is 0 Å². The Labute approximate surface area is 184 Å². The Hall–Kier alpha value is -3.99. The first-order chi connectivity index (χ1) is 15.8. The van der Waals surface area contributed by atoms with E-state index < -0.39 is 23.6 Å². The van der Waals surface area contributed by atoms with E-state index in [4.69, 9.17) is 4.74 Å². The van der Waals surface area contributed by atoms with Gasteiger partial charge in [-0.25, -0.2) is 19.2 Å². The minimum absolute atomic E-state index is 0.0386. The molecule has 0 fully saturated rings. The molecule has 1 amide bonds. The van der Waals surface area contributed by atoms with Crippen molar-refractivity contribution < 1.29 is 27.1 Å². The molecule has 33 heavy (non-hydrogen) atoms. The minimum atomic E-state index is -4.54. The number of ether oxygens (including phenoxy) is 1. The minimum Gasteiger partial charge on any atom is -0.435 e. The average Bonchev–Trinajstić information content (AvgIpc) is 3.43. The van der Waals surface area contributed by atoms with Gasteiger partial charge in [0.05, 0.1) is 22.3 Å². The predicted octanol–water partition coefficient (Wildman–Crippen LogP) is 5.06. The number of amides is 1. The van der Waals surface area contributed by atoms with E-state index in [0.717, 1.165) is 28.0 Å². The Morgan fingerprint density at radius 1 is 1.12 bits per heavy atom. The molecule has 1 aliphatic rings. The summed E-state index contributed by atoms with van der Waals surface area (Å²) in [4.78, 5) is 20.9. The van der Waals surface area contributed by atoms with Gasteiger partial charge in [-0.1, -0.05) is 6.07 Å². The van der Waals surface area contributed by atoms with Crippen LogP contribution in [0.25, 0.3) is 10.9 Å². The summed E-state index contributed by atoms with van der Waals surface area (Å²) >= 11 is 0. The number of hydrogen-bond donors (Lipinski definition) is 2.